The molecule has 0 amide bonds. The lowest BCUT2D eigenvalue weighted by molar-refractivity contribution is 0.0684. The number of pyridine rings is 4. The Balaban J connectivity index is 0.000000161. The van der Waals surface area contributed by atoms with Gasteiger partial charge in [-0.25, -0.2) is 28.3 Å². The van der Waals surface area contributed by atoms with Gasteiger partial charge in [0.25, 0.3) is 0 Å². The van der Waals surface area contributed by atoms with E-state index >= 15 is 0 Å². The third-order valence-corrected chi connectivity index (χ3v) is 11.5. The minimum atomic E-state index is -1.26. The number of nitrogens with zero attached hydrogens (tertiary/aromatic N) is 6. The van der Waals surface area contributed by atoms with Gasteiger partial charge in [0.15, 0.2) is 0 Å². The second-order valence-corrected chi connectivity index (χ2v) is 15.9. The Morgan fingerprint density at radius 1 is 0.661 bits per heavy atom. The molecule has 59 heavy (non-hydrogen) atoms. The van der Waals surface area contributed by atoms with Crippen LogP contribution in [0.15, 0.2) is 58.4 Å². The summed E-state index contributed by atoms with van der Waals surface area (Å²) in [6, 6.07) is 10.2. The van der Waals surface area contributed by atoms with Crippen LogP contribution in [0.2, 0.25) is 0 Å². The van der Waals surface area contributed by atoms with Crippen LogP contribution in [0.5, 0.6) is 0 Å². The molecule has 6 heterocycles. The summed E-state index contributed by atoms with van der Waals surface area (Å²) in [7, 11) is 0. The number of carboxylic acids is 2. The lowest BCUT2D eigenvalue weighted by atomic mass is 10.1. The van der Waals surface area contributed by atoms with Crippen molar-refractivity contribution in [1.82, 2.24) is 29.7 Å². The topological polar surface area (TPSA) is 206 Å². The van der Waals surface area contributed by atoms with E-state index in [0.29, 0.717) is 70.7 Å². The van der Waals surface area contributed by atoms with Crippen LogP contribution in [0, 0.1) is 11.6 Å². The number of carboxylic acid groups (broad SMARTS) is 2. The maximum absolute atomic E-state index is 14.9. The second kappa shape index (κ2) is 15.3. The molecule has 2 aliphatic heterocycles. The molecule has 17 heteroatoms. The first kappa shape index (κ1) is 39.8. The number of hydrogen-bond acceptors (Lipinski definition) is 10. The molecular formula is C42H44F2N8O7. The van der Waals surface area contributed by atoms with Crippen LogP contribution >= 0.6 is 0 Å². The maximum Gasteiger partial charge on any atom is 0.341 e. The van der Waals surface area contributed by atoms with Crippen LogP contribution in [-0.2, 0) is 0 Å². The molecule has 15 nitrogen and oxygen atoms in total. The Hall–Kier alpha value is -6.04. The standard InChI is InChI=1S/2C21H21FN4O3.H2O/c2*1-11-9-25(5-4-23-11)18-8-17-12(7-16(18)22)6-14-19(27)15(21(28)29)10-26(13-2-3-13)20(14)24-17;/h2*6-8,10-11,13,23H,2-5,9H2,1H3,(H,28,29);1H2. The van der Waals surface area contributed by atoms with E-state index in [1.165, 1.54) is 24.5 Å². The Bertz CT molecular complexity index is 2630. The summed E-state index contributed by atoms with van der Waals surface area (Å²) in [6.07, 6.45) is 6.47. The summed E-state index contributed by atoms with van der Waals surface area (Å²) in [6.45, 7) is 8.49. The van der Waals surface area contributed by atoms with Gasteiger partial charge in [0.05, 0.1) is 33.2 Å². The normalized spacial score (nSPS) is 19.5. The van der Waals surface area contributed by atoms with E-state index in [-0.39, 0.29) is 63.2 Å². The van der Waals surface area contributed by atoms with E-state index in [4.69, 9.17) is 0 Å². The average molecular weight is 811 g/mol. The summed E-state index contributed by atoms with van der Waals surface area (Å²) >= 11 is 0. The zero-order valence-electron chi connectivity index (χ0n) is 32.5. The Labute approximate surface area is 335 Å². The van der Waals surface area contributed by atoms with Gasteiger partial charge in [-0.05, 0) is 75.9 Å². The number of nitrogens with one attached hydrogen (secondary N) is 2. The molecule has 6 N–H and O–H groups in total. The van der Waals surface area contributed by atoms with Crippen molar-refractivity contribution < 1.29 is 34.1 Å². The predicted molar refractivity (Wildman–Crippen MR) is 220 cm³/mol. The molecule has 0 bridgehead atoms. The Morgan fingerprint density at radius 2 is 1.05 bits per heavy atom. The summed E-state index contributed by atoms with van der Waals surface area (Å²) in [5.74, 6) is -3.27. The van der Waals surface area contributed by atoms with Crippen molar-refractivity contribution in [3.8, 4) is 0 Å². The number of aromatic nitrogens is 4. The molecule has 2 unspecified atom stereocenters. The lowest BCUT2D eigenvalue weighted by Crippen LogP contribution is -2.49. The first-order valence-electron chi connectivity index (χ1n) is 19.7. The van der Waals surface area contributed by atoms with Crippen molar-refractivity contribution in [2.45, 2.75) is 63.7 Å². The monoisotopic (exact) mass is 810 g/mol. The predicted octanol–water partition coefficient (Wildman–Crippen LogP) is 4.22. The molecule has 4 aliphatic rings. The van der Waals surface area contributed by atoms with Gasteiger partial charge in [-0.15, -0.1) is 0 Å². The van der Waals surface area contributed by atoms with Crippen molar-refractivity contribution in [2.24, 2.45) is 0 Å². The van der Waals surface area contributed by atoms with Crippen molar-refractivity contribution in [2.75, 3.05) is 49.1 Å². The van der Waals surface area contributed by atoms with E-state index in [9.17, 15) is 38.2 Å². The Morgan fingerprint density at radius 3 is 1.39 bits per heavy atom. The fraction of sp³-hybridized carbons (Fsp3) is 0.381. The van der Waals surface area contributed by atoms with Gasteiger partial charge in [0.2, 0.25) is 10.9 Å². The van der Waals surface area contributed by atoms with Gasteiger partial charge in [-0.3, -0.25) is 9.59 Å². The van der Waals surface area contributed by atoms with Crippen LogP contribution < -0.4 is 31.3 Å². The highest BCUT2D eigenvalue weighted by Gasteiger charge is 2.30. The fourth-order valence-corrected chi connectivity index (χ4v) is 8.24. The first-order chi connectivity index (χ1) is 27.8. The highest BCUT2D eigenvalue weighted by atomic mass is 19.1. The quantitative estimate of drug-likeness (QED) is 0.175. The number of rotatable bonds is 6. The lowest BCUT2D eigenvalue weighted by Gasteiger charge is -2.33. The average Bonchev–Trinajstić information content (AvgIpc) is 4.12. The van der Waals surface area contributed by atoms with Crippen LogP contribution in [0.25, 0.3) is 43.9 Å². The molecule has 0 spiro atoms. The van der Waals surface area contributed by atoms with Crippen molar-refractivity contribution in [3.05, 3.63) is 92.0 Å². The van der Waals surface area contributed by atoms with Crippen molar-refractivity contribution in [1.29, 1.82) is 0 Å². The number of carbonyl (C=O) groups is 2. The van der Waals surface area contributed by atoms with Crippen LogP contribution in [0.3, 0.4) is 0 Å². The number of fused-ring (bicyclic) bond motifs is 4. The maximum atomic E-state index is 14.9. The molecule has 0 radical (unpaired) electrons. The number of halogens is 2. The molecule has 2 aromatic carbocycles. The molecule has 4 fully saturated rings. The molecule has 6 aromatic rings. The molecule has 10 rings (SSSR count). The van der Waals surface area contributed by atoms with E-state index in [1.54, 1.807) is 33.4 Å². The van der Waals surface area contributed by atoms with E-state index in [0.717, 1.165) is 38.8 Å². The zero-order valence-corrected chi connectivity index (χ0v) is 32.5. The number of hydrogen-bond donors (Lipinski definition) is 4. The summed E-state index contributed by atoms with van der Waals surface area (Å²) in [5, 5.41) is 26.9. The van der Waals surface area contributed by atoms with Crippen LogP contribution in [0.1, 0.15) is 72.3 Å². The number of piperazine rings is 2. The molecule has 2 atom stereocenters. The fourth-order valence-electron chi connectivity index (χ4n) is 8.24. The molecule has 4 aromatic heterocycles. The second-order valence-electron chi connectivity index (χ2n) is 15.9. The van der Waals surface area contributed by atoms with Crippen LogP contribution in [-0.4, -0.2) is 98.1 Å². The van der Waals surface area contributed by atoms with Gasteiger partial charge in [0, 0.05) is 86.6 Å². The molecule has 308 valence electrons. The van der Waals surface area contributed by atoms with E-state index in [1.807, 2.05) is 9.80 Å². The molecular weight excluding hydrogens is 767 g/mol. The molecule has 2 saturated carbocycles. The van der Waals surface area contributed by atoms with Crippen molar-refractivity contribution in [3.63, 3.8) is 0 Å². The smallest absolute Gasteiger partial charge is 0.341 e. The SMILES string of the molecule is CC1CN(c2cc3nc4c(cc3cc2F)c(=O)c(C(=O)O)cn4C2CC2)CCN1.CC1CN(c2cc3nc4c(cc3cc2F)c(=O)c(C(=O)O)cn4C2CC2)CCN1.O. The van der Waals surface area contributed by atoms with Crippen LogP contribution in [0.4, 0.5) is 20.2 Å². The number of aromatic carboxylic acids is 2. The van der Waals surface area contributed by atoms with E-state index < -0.39 is 22.8 Å². The van der Waals surface area contributed by atoms with Gasteiger partial charge < -0.3 is 45.3 Å². The minimum absolute atomic E-state index is 0. The largest absolute Gasteiger partial charge is 0.477 e. The summed E-state index contributed by atoms with van der Waals surface area (Å²) < 4.78 is 33.4. The van der Waals surface area contributed by atoms with Gasteiger partial charge in [0.1, 0.15) is 34.1 Å². The summed E-state index contributed by atoms with van der Waals surface area (Å²) in [4.78, 5) is 61.8. The third kappa shape index (κ3) is 7.45. The first-order valence-corrected chi connectivity index (χ1v) is 19.7. The number of anilines is 2. The summed E-state index contributed by atoms with van der Waals surface area (Å²) in [5.41, 5.74) is 1.38. The zero-order chi connectivity index (χ0) is 40.6. The van der Waals surface area contributed by atoms with Gasteiger partial charge in [-0.2, -0.15) is 0 Å². The minimum Gasteiger partial charge on any atom is -0.477 e. The highest BCUT2D eigenvalue weighted by molar-refractivity contribution is 5.98. The van der Waals surface area contributed by atoms with Gasteiger partial charge in [-0.1, -0.05) is 0 Å². The Kier molecular flexibility index (Phi) is 10.3. The van der Waals surface area contributed by atoms with E-state index in [2.05, 4.69) is 34.4 Å². The molecule has 2 saturated heterocycles. The molecule has 2 aliphatic carbocycles. The van der Waals surface area contributed by atoms with Gasteiger partial charge >= 0.3 is 11.9 Å². The number of benzene rings is 2. The highest BCUT2D eigenvalue weighted by Crippen LogP contribution is 2.39. The third-order valence-electron chi connectivity index (χ3n) is 11.5. The van der Waals surface area contributed by atoms with Crippen molar-refractivity contribution >= 4 is 67.2 Å².